The number of fused-ring (bicyclic) bond motifs is 1. The quantitative estimate of drug-likeness (QED) is 0.910. The Morgan fingerprint density at radius 1 is 1.30 bits per heavy atom. The highest BCUT2D eigenvalue weighted by molar-refractivity contribution is 5.79. The van der Waals surface area contributed by atoms with Gasteiger partial charge in [-0.1, -0.05) is 26.7 Å². The van der Waals surface area contributed by atoms with Gasteiger partial charge < -0.3 is 10.5 Å². The molecule has 2 heterocycles. The number of hydrogen-bond donors (Lipinski definition) is 1. The molecule has 6 nitrogen and oxygen atoms in total. The third kappa shape index (κ3) is 1.90. The first-order chi connectivity index (χ1) is 9.63. The van der Waals surface area contributed by atoms with Crippen LogP contribution in [0.5, 0.6) is 5.88 Å². The van der Waals surface area contributed by atoms with Gasteiger partial charge in [0.2, 0.25) is 11.8 Å². The largest absolute Gasteiger partial charge is 0.479 e. The van der Waals surface area contributed by atoms with Gasteiger partial charge in [-0.25, -0.2) is 9.97 Å². The predicted octanol–water partition coefficient (Wildman–Crippen LogP) is 2.41. The van der Waals surface area contributed by atoms with Crippen LogP contribution in [0.3, 0.4) is 0 Å². The summed E-state index contributed by atoms with van der Waals surface area (Å²) in [7, 11) is 1.59. The number of methoxy groups -OCH3 is 1. The molecule has 1 aliphatic rings. The minimum Gasteiger partial charge on any atom is -0.479 e. The lowest BCUT2D eigenvalue weighted by Crippen LogP contribution is -2.28. The van der Waals surface area contributed by atoms with E-state index in [4.69, 9.17) is 10.5 Å². The van der Waals surface area contributed by atoms with Crippen LogP contribution in [0.4, 0.5) is 5.95 Å². The van der Waals surface area contributed by atoms with Crippen molar-refractivity contribution in [2.75, 3.05) is 12.8 Å². The molecule has 2 N–H and O–H groups in total. The normalized spacial score (nSPS) is 26.9. The molecule has 1 saturated carbocycles. The number of rotatable bonds is 2. The summed E-state index contributed by atoms with van der Waals surface area (Å²) < 4.78 is 7.32. The zero-order chi connectivity index (χ0) is 14.3. The maximum absolute atomic E-state index is 6.14. The van der Waals surface area contributed by atoms with Gasteiger partial charge in [-0.3, -0.25) is 4.57 Å². The van der Waals surface area contributed by atoms with E-state index in [1.54, 1.807) is 7.11 Å². The van der Waals surface area contributed by atoms with Crippen LogP contribution in [-0.4, -0.2) is 26.6 Å². The van der Waals surface area contributed by atoms with Gasteiger partial charge in [0.15, 0.2) is 11.2 Å². The molecule has 20 heavy (non-hydrogen) atoms. The highest BCUT2D eigenvalue weighted by Gasteiger charge is 2.31. The fourth-order valence-electron chi connectivity index (χ4n) is 3.30. The van der Waals surface area contributed by atoms with Gasteiger partial charge in [-0.15, -0.1) is 0 Å². The lowest BCUT2D eigenvalue weighted by Gasteiger charge is -2.35. The van der Waals surface area contributed by atoms with Crippen molar-refractivity contribution in [1.82, 2.24) is 19.5 Å². The second-order valence-corrected chi connectivity index (χ2v) is 5.73. The van der Waals surface area contributed by atoms with E-state index in [1.807, 2.05) is 0 Å². The van der Waals surface area contributed by atoms with Crippen LogP contribution in [0.2, 0.25) is 0 Å². The van der Waals surface area contributed by atoms with Gasteiger partial charge in [0.05, 0.1) is 7.11 Å². The minimum absolute atomic E-state index is 0.350. The van der Waals surface area contributed by atoms with Gasteiger partial charge in [-0.2, -0.15) is 4.98 Å². The molecule has 0 spiro atoms. The second kappa shape index (κ2) is 4.92. The molecule has 3 atom stereocenters. The van der Waals surface area contributed by atoms with Crippen LogP contribution in [0.1, 0.15) is 39.2 Å². The molecule has 108 valence electrons. The first-order valence-corrected chi connectivity index (χ1v) is 7.16. The van der Waals surface area contributed by atoms with E-state index in [0.29, 0.717) is 35.2 Å². The molecule has 0 aromatic carbocycles. The Morgan fingerprint density at radius 3 is 2.85 bits per heavy atom. The van der Waals surface area contributed by atoms with Gasteiger partial charge in [0, 0.05) is 6.04 Å². The SMILES string of the molecule is COc1ncnc2c1nc(N)n2C1CCCC(C)C1C. The van der Waals surface area contributed by atoms with Crippen molar-refractivity contribution in [3.05, 3.63) is 6.33 Å². The molecular formula is C14H21N5O. The van der Waals surface area contributed by atoms with Gasteiger partial charge in [0.25, 0.3) is 0 Å². The summed E-state index contributed by atoms with van der Waals surface area (Å²) in [5, 5.41) is 0. The monoisotopic (exact) mass is 275 g/mol. The minimum atomic E-state index is 0.350. The fraction of sp³-hybridized carbons (Fsp3) is 0.643. The number of nitrogens with zero attached hydrogens (tertiary/aromatic N) is 4. The van der Waals surface area contributed by atoms with E-state index in [-0.39, 0.29) is 0 Å². The molecule has 1 fully saturated rings. The molecule has 2 aromatic heterocycles. The summed E-state index contributed by atoms with van der Waals surface area (Å²) in [5.74, 6) is 2.24. The predicted molar refractivity (Wildman–Crippen MR) is 77.5 cm³/mol. The zero-order valence-corrected chi connectivity index (χ0v) is 12.2. The van der Waals surface area contributed by atoms with Crippen molar-refractivity contribution in [1.29, 1.82) is 0 Å². The molecule has 0 amide bonds. The summed E-state index contributed by atoms with van der Waals surface area (Å²) in [5.41, 5.74) is 7.57. The molecule has 2 aromatic rings. The Kier molecular flexibility index (Phi) is 3.23. The summed E-state index contributed by atoms with van der Waals surface area (Å²) in [4.78, 5) is 12.9. The van der Waals surface area contributed by atoms with Crippen molar-refractivity contribution < 1.29 is 4.74 Å². The number of anilines is 1. The summed E-state index contributed by atoms with van der Waals surface area (Å²) >= 11 is 0. The van der Waals surface area contributed by atoms with E-state index in [0.717, 1.165) is 12.1 Å². The third-order valence-electron chi connectivity index (χ3n) is 4.66. The number of aromatic nitrogens is 4. The maximum atomic E-state index is 6.14. The van der Waals surface area contributed by atoms with Gasteiger partial charge in [-0.05, 0) is 18.3 Å². The molecule has 0 radical (unpaired) electrons. The van der Waals surface area contributed by atoms with Crippen molar-refractivity contribution in [2.45, 2.75) is 39.2 Å². The van der Waals surface area contributed by atoms with E-state index in [9.17, 15) is 0 Å². The Labute approximate surface area is 118 Å². The Hall–Kier alpha value is -1.85. The van der Waals surface area contributed by atoms with Crippen molar-refractivity contribution in [2.24, 2.45) is 11.8 Å². The molecule has 3 rings (SSSR count). The van der Waals surface area contributed by atoms with Gasteiger partial charge >= 0.3 is 0 Å². The molecular weight excluding hydrogens is 254 g/mol. The van der Waals surface area contributed by atoms with Crippen LogP contribution in [0.25, 0.3) is 11.2 Å². The first-order valence-electron chi connectivity index (χ1n) is 7.16. The Balaban J connectivity index is 2.13. The number of nitrogens with two attached hydrogens (primary N) is 1. The average Bonchev–Trinajstić information content (AvgIpc) is 2.78. The van der Waals surface area contributed by atoms with E-state index in [1.165, 1.54) is 19.2 Å². The maximum Gasteiger partial charge on any atom is 0.245 e. The Morgan fingerprint density at radius 2 is 2.10 bits per heavy atom. The fourth-order valence-corrected chi connectivity index (χ4v) is 3.30. The standard InChI is InChI=1S/C14H21N5O/c1-8-5-4-6-10(9(8)2)19-12-11(18-14(19)15)13(20-3)17-7-16-12/h7-10H,4-6H2,1-3H3,(H2,15,18). The molecule has 0 bridgehead atoms. The van der Waals surface area contributed by atoms with E-state index >= 15 is 0 Å². The highest BCUT2D eigenvalue weighted by atomic mass is 16.5. The van der Waals surface area contributed by atoms with Gasteiger partial charge in [0.1, 0.15) is 6.33 Å². The average molecular weight is 275 g/mol. The first kappa shape index (κ1) is 13.1. The third-order valence-corrected chi connectivity index (χ3v) is 4.66. The number of ether oxygens (including phenoxy) is 1. The molecule has 0 saturated heterocycles. The molecule has 3 unspecified atom stereocenters. The Bertz CT molecular complexity index is 623. The zero-order valence-electron chi connectivity index (χ0n) is 12.2. The molecule has 6 heteroatoms. The van der Waals surface area contributed by atoms with Crippen LogP contribution in [0.15, 0.2) is 6.33 Å². The van der Waals surface area contributed by atoms with E-state index in [2.05, 4.69) is 33.4 Å². The molecule has 0 aliphatic heterocycles. The lowest BCUT2D eigenvalue weighted by atomic mass is 9.78. The number of hydrogen-bond acceptors (Lipinski definition) is 5. The van der Waals surface area contributed by atoms with Crippen molar-refractivity contribution in [3.63, 3.8) is 0 Å². The number of imidazole rings is 1. The summed E-state index contributed by atoms with van der Waals surface area (Å²) in [6, 6.07) is 0.350. The highest BCUT2D eigenvalue weighted by Crippen LogP contribution is 2.40. The van der Waals surface area contributed by atoms with E-state index < -0.39 is 0 Å². The second-order valence-electron chi connectivity index (χ2n) is 5.73. The topological polar surface area (TPSA) is 78.8 Å². The van der Waals surface area contributed by atoms with Crippen LogP contribution >= 0.6 is 0 Å². The van der Waals surface area contributed by atoms with Crippen LogP contribution < -0.4 is 10.5 Å². The van der Waals surface area contributed by atoms with Crippen LogP contribution in [0, 0.1) is 11.8 Å². The molecule has 1 aliphatic carbocycles. The summed E-state index contributed by atoms with van der Waals surface area (Å²) in [6.45, 7) is 4.60. The van der Waals surface area contributed by atoms with Crippen LogP contribution in [-0.2, 0) is 0 Å². The lowest BCUT2D eigenvalue weighted by molar-refractivity contribution is 0.191. The number of nitrogen functional groups attached to an aromatic ring is 1. The van der Waals surface area contributed by atoms with Crippen molar-refractivity contribution in [3.8, 4) is 5.88 Å². The summed E-state index contributed by atoms with van der Waals surface area (Å²) in [6.07, 6.45) is 5.13. The smallest absolute Gasteiger partial charge is 0.245 e. The van der Waals surface area contributed by atoms with Crippen molar-refractivity contribution >= 4 is 17.1 Å².